The van der Waals surface area contributed by atoms with Crippen LogP contribution in [0.15, 0.2) is 57.7 Å². The standard InChI is InChI=1S/C17H12F3N5O2/c18-17(19,20)12-5-3-4-11(10-12)15-21-23-25(22-15)9-8-24-13-6-1-2-7-14(13)27-16(24)26/h1-7,10H,8-9H2. The van der Waals surface area contributed by atoms with Gasteiger partial charge in [0.1, 0.15) is 0 Å². The highest BCUT2D eigenvalue weighted by atomic mass is 19.4. The lowest BCUT2D eigenvalue weighted by atomic mass is 10.1. The Labute approximate surface area is 149 Å². The minimum absolute atomic E-state index is 0.0745. The van der Waals surface area contributed by atoms with Gasteiger partial charge in [0.25, 0.3) is 0 Å². The van der Waals surface area contributed by atoms with Gasteiger partial charge in [0.05, 0.1) is 24.2 Å². The lowest BCUT2D eigenvalue weighted by molar-refractivity contribution is -0.137. The van der Waals surface area contributed by atoms with E-state index in [1.54, 1.807) is 24.3 Å². The maximum atomic E-state index is 12.8. The topological polar surface area (TPSA) is 78.7 Å². The number of fused-ring (bicyclic) bond motifs is 1. The predicted molar refractivity (Wildman–Crippen MR) is 88.7 cm³/mol. The summed E-state index contributed by atoms with van der Waals surface area (Å²) in [4.78, 5) is 13.2. The minimum atomic E-state index is -4.45. The van der Waals surface area contributed by atoms with Crippen molar-refractivity contribution >= 4 is 11.1 Å². The number of benzene rings is 2. The van der Waals surface area contributed by atoms with Crippen molar-refractivity contribution in [3.8, 4) is 11.4 Å². The van der Waals surface area contributed by atoms with Gasteiger partial charge >= 0.3 is 11.9 Å². The zero-order chi connectivity index (χ0) is 19.0. The van der Waals surface area contributed by atoms with Crippen molar-refractivity contribution < 1.29 is 17.6 Å². The fourth-order valence-corrected chi connectivity index (χ4v) is 2.70. The third-order valence-corrected chi connectivity index (χ3v) is 4.00. The summed E-state index contributed by atoms with van der Waals surface area (Å²) in [6.07, 6.45) is -4.45. The number of rotatable bonds is 4. The van der Waals surface area contributed by atoms with Crippen molar-refractivity contribution in [2.75, 3.05) is 0 Å². The summed E-state index contributed by atoms with van der Waals surface area (Å²) in [5.41, 5.74) is 0.536. The molecule has 0 amide bonds. The second kappa shape index (κ2) is 6.38. The summed E-state index contributed by atoms with van der Waals surface area (Å²) in [5.74, 6) is -0.431. The molecule has 4 rings (SSSR count). The van der Waals surface area contributed by atoms with Gasteiger partial charge in [0.2, 0.25) is 5.82 Å². The number of hydrogen-bond acceptors (Lipinski definition) is 5. The molecule has 0 aliphatic heterocycles. The van der Waals surface area contributed by atoms with Gasteiger partial charge in [-0.25, -0.2) is 4.79 Å². The number of alkyl halides is 3. The van der Waals surface area contributed by atoms with Crippen LogP contribution in [0, 0.1) is 0 Å². The quantitative estimate of drug-likeness (QED) is 0.548. The second-order valence-electron chi connectivity index (χ2n) is 5.77. The highest BCUT2D eigenvalue weighted by Crippen LogP contribution is 2.31. The number of tetrazole rings is 1. The largest absolute Gasteiger partial charge is 0.420 e. The Kier molecular flexibility index (Phi) is 4.02. The van der Waals surface area contributed by atoms with Crippen molar-refractivity contribution in [3.05, 3.63) is 64.6 Å². The Bertz CT molecular complexity index is 1160. The molecule has 0 aliphatic carbocycles. The fourth-order valence-electron chi connectivity index (χ4n) is 2.70. The van der Waals surface area contributed by atoms with Gasteiger partial charge in [0.15, 0.2) is 5.58 Å². The van der Waals surface area contributed by atoms with Crippen molar-refractivity contribution in [2.24, 2.45) is 0 Å². The highest BCUT2D eigenvalue weighted by Gasteiger charge is 2.30. The summed E-state index contributed by atoms with van der Waals surface area (Å²) in [6, 6.07) is 11.7. The van der Waals surface area contributed by atoms with Gasteiger partial charge in [-0.05, 0) is 29.5 Å². The molecule has 2 heterocycles. The summed E-state index contributed by atoms with van der Waals surface area (Å²) in [7, 11) is 0. The molecule has 4 aromatic rings. The van der Waals surface area contributed by atoms with Crippen LogP contribution in [-0.4, -0.2) is 24.8 Å². The van der Waals surface area contributed by atoms with Gasteiger partial charge in [-0.3, -0.25) is 4.57 Å². The van der Waals surface area contributed by atoms with E-state index in [0.717, 1.165) is 12.1 Å². The first-order valence-electron chi connectivity index (χ1n) is 7.95. The van der Waals surface area contributed by atoms with E-state index >= 15 is 0 Å². The fraction of sp³-hybridized carbons (Fsp3) is 0.176. The Morgan fingerprint density at radius 2 is 1.85 bits per heavy atom. The van der Waals surface area contributed by atoms with Crippen LogP contribution in [0.4, 0.5) is 13.2 Å². The Morgan fingerprint density at radius 3 is 2.67 bits per heavy atom. The molecule has 0 fully saturated rings. The van der Waals surface area contributed by atoms with E-state index in [-0.39, 0.29) is 24.5 Å². The summed E-state index contributed by atoms with van der Waals surface area (Å²) in [5, 5.41) is 11.7. The molecule has 0 saturated heterocycles. The maximum Gasteiger partial charge on any atom is 0.420 e. The highest BCUT2D eigenvalue weighted by molar-refractivity contribution is 5.72. The SMILES string of the molecule is O=c1oc2ccccc2n1CCn1nnc(-c2cccc(C(F)(F)F)c2)n1. The van der Waals surface area contributed by atoms with Crippen LogP contribution >= 0.6 is 0 Å². The van der Waals surface area contributed by atoms with Crippen molar-refractivity contribution in [3.63, 3.8) is 0 Å². The number of halogens is 3. The smallest absolute Gasteiger partial charge is 0.408 e. The molecule has 0 saturated carbocycles. The average molecular weight is 375 g/mol. The van der Waals surface area contributed by atoms with Gasteiger partial charge in [-0.15, -0.1) is 10.2 Å². The average Bonchev–Trinajstić information content (AvgIpc) is 3.23. The molecule has 0 aliphatic rings. The van der Waals surface area contributed by atoms with E-state index in [1.807, 2.05) is 0 Å². The second-order valence-corrected chi connectivity index (χ2v) is 5.77. The van der Waals surface area contributed by atoms with E-state index in [2.05, 4.69) is 15.4 Å². The number of para-hydroxylation sites is 2. The minimum Gasteiger partial charge on any atom is -0.408 e. The molecule has 0 bridgehead atoms. The first kappa shape index (κ1) is 17.0. The van der Waals surface area contributed by atoms with E-state index in [9.17, 15) is 18.0 Å². The van der Waals surface area contributed by atoms with E-state index in [1.165, 1.54) is 21.5 Å². The van der Waals surface area contributed by atoms with Crippen LogP contribution in [0.1, 0.15) is 5.56 Å². The third kappa shape index (κ3) is 3.33. The Hall–Kier alpha value is -3.43. The lowest BCUT2D eigenvalue weighted by Gasteiger charge is -2.06. The maximum absolute atomic E-state index is 12.8. The molecular weight excluding hydrogens is 363 g/mol. The van der Waals surface area contributed by atoms with Crippen LogP contribution in [0.25, 0.3) is 22.5 Å². The number of aromatic nitrogens is 5. The normalized spacial score (nSPS) is 12.0. The van der Waals surface area contributed by atoms with Crippen molar-refractivity contribution in [2.45, 2.75) is 19.3 Å². The molecule has 2 aromatic carbocycles. The predicted octanol–water partition coefficient (Wildman–Crippen LogP) is 2.97. The van der Waals surface area contributed by atoms with E-state index < -0.39 is 17.5 Å². The number of aryl methyl sites for hydroxylation is 2. The van der Waals surface area contributed by atoms with Crippen molar-refractivity contribution in [1.82, 2.24) is 24.8 Å². The molecule has 0 radical (unpaired) electrons. The molecule has 0 N–H and O–H groups in total. The van der Waals surface area contributed by atoms with Gasteiger partial charge in [0, 0.05) is 5.56 Å². The Balaban J connectivity index is 1.55. The zero-order valence-electron chi connectivity index (χ0n) is 13.7. The van der Waals surface area contributed by atoms with E-state index in [4.69, 9.17) is 4.42 Å². The van der Waals surface area contributed by atoms with Crippen LogP contribution in [0.3, 0.4) is 0 Å². The molecular formula is C17H12F3N5O2. The molecule has 138 valence electrons. The first-order valence-corrected chi connectivity index (χ1v) is 7.95. The van der Waals surface area contributed by atoms with Gasteiger partial charge in [-0.2, -0.15) is 18.0 Å². The molecule has 0 spiro atoms. The van der Waals surface area contributed by atoms with Crippen molar-refractivity contribution in [1.29, 1.82) is 0 Å². The zero-order valence-corrected chi connectivity index (χ0v) is 13.7. The monoisotopic (exact) mass is 375 g/mol. The number of hydrogen-bond donors (Lipinski definition) is 0. The summed E-state index contributed by atoms with van der Waals surface area (Å²) in [6.45, 7) is 0.434. The molecule has 27 heavy (non-hydrogen) atoms. The number of nitrogens with zero attached hydrogens (tertiary/aromatic N) is 5. The molecule has 10 heteroatoms. The molecule has 0 atom stereocenters. The van der Waals surface area contributed by atoms with Crippen LogP contribution in [0.2, 0.25) is 0 Å². The molecule has 0 unspecified atom stereocenters. The van der Waals surface area contributed by atoms with Gasteiger partial charge in [-0.1, -0.05) is 24.3 Å². The Morgan fingerprint density at radius 1 is 1.04 bits per heavy atom. The van der Waals surface area contributed by atoms with E-state index in [0.29, 0.717) is 11.1 Å². The number of oxazole rings is 1. The van der Waals surface area contributed by atoms with Crippen LogP contribution < -0.4 is 5.76 Å². The lowest BCUT2D eigenvalue weighted by Crippen LogP contribution is -2.18. The van der Waals surface area contributed by atoms with Crippen LogP contribution in [-0.2, 0) is 19.3 Å². The van der Waals surface area contributed by atoms with Gasteiger partial charge < -0.3 is 4.42 Å². The van der Waals surface area contributed by atoms with Crippen LogP contribution in [0.5, 0.6) is 0 Å². The summed E-state index contributed by atoms with van der Waals surface area (Å²) >= 11 is 0. The molecule has 7 nitrogen and oxygen atoms in total. The summed E-state index contributed by atoms with van der Waals surface area (Å²) < 4.78 is 45.1. The molecule has 2 aromatic heterocycles. The first-order chi connectivity index (χ1) is 12.9. The third-order valence-electron chi connectivity index (χ3n) is 4.00.